The summed E-state index contributed by atoms with van der Waals surface area (Å²) >= 11 is 6.34. The standard InChI is InChI=1S/C19H24ClNO2/c1-4-10-23-19-17(20)11-15(12-18(19)22-3)13-21-16-8-6-14(5-2)7-9-16/h6-9,11-12,21H,4-5,10,13H2,1-3H3. The molecular weight excluding hydrogens is 310 g/mol. The van der Waals surface area contributed by atoms with Crippen molar-refractivity contribution in [2.75, 3.05) is 19.0 Å². The van der Waals surface area contributed by atoms with Crippen molar-refractivity contribution in [1.82, 2.24) is 0 Å². The van der Waals surface area contributed by atoms with E-state index in [2.05, 4.69) is 43.4 Å². The quantitative estimate of drug-likeness (QED) is 0.710. The summed E-state index contributed by atoms with van der Waals surface area (Å²) in [6, 6.07) is 12.3. The molecule has 3 nitrogen and oxygen atoms in total. The van der Waals surface area contributed by atoms with Crippen molar-refractivity contribution in [3.8, 4) is 11.5 Å². The number of benzene rings is 2. The van der Waals surface area contributed by atoms with Gasteiger partial charge >= 0.3 is 0 Å². The molecule has 4 heteroatoms. The first-order valence-electron chi connectivity index (χ1n) is 8.00. The Labute approximate surface area is 143 Å². The highest BCUT2D eigenvalue weighted by Gasteiger charge is 2.11. The van der Waals surface area contributed by atoms with Crippen LogP contribution in [0, 0.1) is 0 Å². The molecule has 0 aliphatic heterocycles. The van der Waals surface area contributed by atoms with Crippen LogP contribution in [0.3, 0.4) is 0 Å². The third kappa shape index (κ3) is 4.80. The average Bonchev–Trinajstić information content (AvgIpc) is 2.59. The Morgan fingerprint density at radius 1 is 1.04 bits per heavy atom. The molecule has 0 saturated carbocycles. The second-order valence-corrected chi connectivity index (χ2v) is 5.77. The molecule has 0 atom stereocenters. The van der Waals surface area contributed by atoms with Gasteiger partial charge in [-0.15, -0.1) is 0 Å². The molecule has 0 radical (unpaired) electrons. The summed E-state index contributed by atoms with van der Waals surface area (Å²) in [7, 11) is 1.63. The van der Waals surface area contributed by atoms with Gasteiger partial charge in [-0.3, -0.25) is 0 Å². The van der Waals surface area contributed by atoms with Crippen LogP contribution in [-0.2, 0) is 13.0 Å². The highest BCUT2D eigenvalue weighted by molar-refractivity contribution is 6.32. The third-order valence-corrected chi connectivity index (χ3v) is 3.88. The minimum absolute atomic E-state index is 0.580. The first kappa shape index (κ1) is 17.5. The van der Waals surface area contributed by atoms with Crippen LogP contribution >= 0.6 is 11.6 Å². The van der Waals surface area contributed by atoms with Gasteiger partial charge in [0.15, 0.2) is 11.5 Å². The minimum Gasteiger partial charge on any atom is -0.493 e. The molecule has 2 aromatic rings. The van der Waals surface area contributed by atoms with Crippen molar-refractivity contribution in [3.63, 3.8) is 0 Å². The summed E-state index contributed by atoms with van der Waals surface area (Å²) in [5.41, 5.74) is 3.47. The van der Waals surface area contributed by atoms with Crippen LogP contribution in [0.2, 0.25) is 5.02 Å². The summed E-state index contributed by atoms with van der Waals surface area (Å²) in [4.78, 5) is 0. The molecule has 2 aromatic carbocycles. The lowest BCUT2D eigenvalue weighted by atomic mass is 10.1. The van der Waals surface area contributed by atoms with Gasteiger partial charge in [-0.25, -0.2) is 0 Å². The zero-order chi connectivity index (χ0) is 16.7. The number of aryl methyl sites for hydroxylation is 1. The molecule has 0 aliphatic rings. The van der Waals surface area contributed by atoms with Crippen molar-refractivity contribution in [2.24, 2.45) is 0 Å². The van der Waals surface area contributed by atoms with E-state index in [4.69, 9.17) is 21.1 Å². The van der Waals surface area contributed by atoms with E-state index in [1.807, 2.05) is 12.1 Å². The predicted molar refractivity (Wildman–Crippen MR) is 96.9 cm³/mol. The van der Waals surface area contributed by atoms with Crippen LogP contribution < -0.4 is 14.8 Å². The van der Waals surface area contributed by atoms with E-state index in [1.54, 1.807) is 7.11 Å². The molecule has 2 rings (SSSR count). The third-order valence-electron chi connectivity index (χ3n) is 3.60. The molecule has 0 unspecified atom stereocenters. The van der Waals surface area contributed by atoms with Gasteiger partial charge < -0.3 is 14.8 Å². The number of rotatable bonds is 8. The van der Waals surface area contributed by atoms with Crippen LogP contribution in [0.25, 0.3) is 0 Å². The average molecular weight is 334 g/mol. The molecule has 0 aliphatic carbocycles. The lowest BCUT2D eigenvalue weighted by molar-refractivity contribution is 0.294. The van der Waals surface area contributed by atoms with Gasteiger partial charge in [-0.05, 0) is 48.2 Å². The number of hydrogen-bond donors (Lipinski definition) is 1. The van der Waals surface area contributed by atoms with Crippen LogP contribution in [0.5, 0.6) is 11.5 Å². The van der Waals surface area contributed by atoms with Crippen molar-refractivity contribution >= 4 is 17.3 Å². The van der Waals surface area contributed by atoms with Crippen LogP contribution in [-0.4, -0.2) is 13.7 Å². The van der Waals surface area contributed by atoms with Gasteiger partial charge in [0, 0.05) is 12.2 Å². The first-order valence-corrected chi connectivity index (χ1v) is 8.37. The fraction of sp³-hybridized carbons (Fsp3) is 0.368. The predicted octanol–water partition coefficient (Wildman–Crippen LogP) is 5.31. The van der Waals surface area contributed by atoms with E-state index in [-0.39, 0.29) is 0 Å². The molecular formula is C19H24ClNO2. The Balaban J connectivity index is 2.08. The zero-order valence-corrected chi connectivity index (χ0v) is 14.7. The Kier molecular flexibility index (Phi) is 6.60. The Morgan fingerprint density at radius 3 is 2.39 bits per heavy atom. The number of halogens is 1. The summed E-state index contributed by atoms with van der Waals surface area (Å²) < 4.78 is 11.1. The zero-order valence-electron chi connectivity index (χ0n) is 14.0. The Morgan fingerprint density at radius 2 is 1.78 bits per heavy atom. The lowest BCUT2D eigenvalue weighted by Gasteiger charge is -2.14. The molecule has 0 spiro atoms. The van der Waals surface area contributed by atoms with Crippen molar-refractivity contribution < 1.29 is 9.47 Å². The summed E-state index contributed by atoms with van der Waals surface area (Å²) in [5.74, 6) is 1.29. The summed E-state index contributed by atoms with van der Waals surface area (Å²) in [5, 5.41) is 3.98. The molecule has 23 heavy (non-hydrogen) atoms. The maximum atomic E-state index is 6.34. The molecule has 0 heterocycles. The van der Waals surface area contributed by atoms with Crippen molar-refractivity contribution in [2.45, 2.75) is 33.2 Å². The highest BCUT2D eigenvalue weighted by atomic mass is 35.5. The number of nitrogens with one attached hydrogen (secondary N) is 1. The highest BCUT2D eigenvalue weighted by Crippen LogP contribution is 2.36. The molecule has 0 fully saturated rings. The van der Waals surface area contributed by atoms with E-state index < -0.39 is 0 Å². The van der Waals surface area contributed by atoms with Crippen LogP contribution in [0.4, 0.5) is 5.69 Å². The van der Waals surface area contributed by atoms with Crippen molar-refractivity contribution in [1.29, 1.82) is 0 Å². The molecule has 124 valence electrons. The molecule has 0 saturated heterocycles. The second-order valence-electron chi connectivity index (χ2n) is 5.36. The number of anilines is 1. The number of methoxy groups -OCH3 is 1. The maximum absolute atomic E-state index is 6.34. The maximum Gasteiger partial charge on any atom is 0.179 e. The van der Waals surface area contributed by atoms with E-state index in [1.165, 1.54) is 5.56 Å². The van der Waals surface area contributed by atoms with Crippen molar-refractivity contribution in [3.05, 3.63) is 52.5 Å². The SMILES string of the molecule is CCCOc1c(Cl)cc(CNc2ccc(CC)cc2)cc1OC. The van der Waals surface area contributed by atoms with Gasteiger partial charge in [0.05, 0.1) is 18.7 Å². The molecule has 1 N–H and O–H groups in total. The molecule has 0 amide bonds. The summed E-state index contributed by atoms with van der Waals surface area (Å²) in [6.07, 6.45) is 1.98. The largest absolute Gasteiger partial charge is 0.493 e. The molecule has 0 aromatic heterocycles. The van der Waals surface area contributed by atoms with Crippen LogP contribution in [0.15, 0.2) is 36.4 Å². The fourth-order valence-corrected chi connectivity index (χ4v) is 2.57. The van der Waals surface area contributed by atoms with E-state index in [0.29, 0.717) is 29.7 Å². The van der Waals surface area contributed by atoms with E-state index in [9.17, 15) is 0 Å². The van der Waals surface area contributed by atoms with Gasteiger partial charge in [-0.1, -0.05) is 37.6 Å². The fourth-order valence-electron chi connectivity index (χ4n) is 2.28. The Bertz CT molecular complexity index is 626. The number of hydrogen-bond acceptors (Lipinski definition) is 3. The van der Waals surface area contributed by atoms with Gasteiger partial charge in [-0.2, -0.15) is 0 Å². The summed E-state index contributed by atoms with van der Waals surface area (Å²) in [6.45, 7) is 5.51. The minimum atomic E-state index is 0.580. The topological polar surface area (TPSA) is 30.5 Å². The van der Waals surface area contributed by atoms with Gasteiger partial charge in [0.25, 0.3) is 0 Å². The first-order chi connectivity index (χ1) is 11.2. The normalized spacial score (nSPS) is 10.4. The van der Waals surface area contributed by atoms with Gasteiger partial charge in [0.2, 0.25) is 0 Å². The van der Waals surface area contributed by atoms with Crippen LogP contribution in [0.1, 0.15) is 31.4 Å². The Hall–Kier alpha value is -1.87. The molecule has 0 bridgehead atoms. The van der Waals surface area contributed by atoms with E-state index >= 15 is 0 Å². The second kappa shape index (κ2) is 8.68. The smallest absolute Gasteiger partial charge is 0.179 e. The van der Waals surface area contributed by atoms with Gasteiger partial charge in [0.1, 0.15) is 0 Å². The monoisotopic (exact) mass is 333 g/mol. The number of ether oxygens (including phenoxy) is 2. The van der Waals surface area contributed by atoms with E-state index in [0.717, 1.165) is 24.1 Å². The lowest BCUT2D eigenvalue weighted by Crippen LogP contribution is -2.03.